The Morgan fingerprint density at radius 3 is 2.58 bits per heavy atom. The van der Waals surface area contributed by atoms with E-state index in [0.717, 1.165) is 5.56 Å². The van der Waals surface area contributed by atoms with Crippen molar-refractivity contribution in [3.8, 4) is 11.4 Å². The molecule has 0 radical (unpaired) electrons. The summed E-state index contributed by atoms with van der Waals surface area (Å²) < 4.78 is 5.29. The third-order valence-electron chi connectivity index (χ3n) is 3.64. The molecule has 5 nitrogen and oxygen atoms in total. The highest BCUT2D eigenvalue weighted by Gasteiger charge is 2.20. The Labute approximate surface area is 160 Å². The Balaban J connectivity index is 1.80. The molecule has 3 aromatic rings. The van der Waals surface area contributed by atoms with E-state index >= 15 is 0 Å². The van der Waals surface area contributed by atoms with Crippen molar-refractivity contribution in [3.63, 3.8) is 0 Å². The van der Waals surface area contributed by atoms with Crippen LogP contribution in [0.5, 0.6) is 0 Å². The molecule has 0 aliphatic carbocycles. The number of amides is 1. The number of carbonyl (C=O) groups is 1. The number of hydrogen-bond donors (Lipinski definition) is 0. The van der Waals surface area contributed by atoms with E-state index in [0.29, 0.717) is 33.9 Å². The molecule has 132 valence electrons. The third-order valence-corrected chi connectivity index (χ3v) is 4.22. The second-order valence-corrected chi connectivity index (χ2v) is 6.32. The van der Waals surface area contributed by atoms with Gasteiger partial charge in [0.1, 0.15) is 6.54 Å². The summed E-state index contributed by atoms with van der Waals surface area (Å²) in [7, 11) is 0. The standard InChI is InChI=1S/C19H15Cl2N3O2/c1-2-11-24(19(25)15-5-3-4-6-16(15)21)12-17-22-18(23-26-17)13-7-9-14(20)10-8-13/h2-10H,1,11-12H2. The zero-order valence-corrected chi connectivity index (χ0v) is 15.2. The molecule has 0 spiro atoms. The van der Waals surface area contributed by atoms with Gasteiger partial charge in [0.05, 0.1) is 10.6 Å². The minimum atomic E-state index is -0.234. The molecule has 1 heterocycles. The lowest BCUT2D eigenvalue weighted by atomic mass is 10.2. The van der Waals surface area contributed by atoms with E-state index in [9.17, 15) is 4.79 Å². The average molecular weight is 388 g/mol. The maximum atomic E-state index is 12.8. The fourth-order valence-corrected chi connectivity index (χ4v) is 2.72. The smallest absolute Gasteiger partial charge is 0.256 e. The second-order valence-electron chi connectivity index (χ2n) is 5.47. The van der Waals surface area contributed by atoms with Crippen LogP contribution in [0.2, 0.25) is 10.0 Å². The first-order valence-corrected chi connectivity index (χ1v) is 8.57. The van der Waals surface area contributed by atoms with Crippen LogP contribution in [0.4, 0.5) is 0 Å². The summed E-state index contributed by atoms with van der Waals surface area (Å²) in [6.07, 6.45) is 1.63. The van der Waals surface area contributed by atoms with E-state index in [1.807, 2.05) is 0 Å². The first-order chi connectivity index (χ1) is 12.6. The molecule has 0 saturated carbocycles. The van der Waals surface area contributed by atoms with Crippen molar-refractivity contribution in [2.24, 2.45) is 0 Å². The molecule has 1 aromatic heterocycles. The summed E-state index contributed by atoms with van der Waals surface area (Å²) in [6, 6.07) is 14.0. The van der Waals surface area contributed by atoms with Gasteiger partial charge in [-0.25, -0.2) is 0 Å². The van der Waals surface area contributed by atoms with E-state index in [4.69, 9.17) is 27.7 Å². The molecule has 1 amide bonds. The van der Waals surface area contributed by atoms with Crippen molar-refractivity contribution in [2.75, 3.05) is 6.54 Å². The zero-order valence-electron chi connectivity index (χ0n) is 13.7. The lowest BCUT2D eigenvalue weighted by Gasteiger charge is -2.19. The molecule has 0 N–H and O–H groups in total. The van der Waals surface area contributed by atoms with Gasteiger partial charge in [-0.15, -0.1) is 6.58 Å². The van der Waals surface area contributed by atoms with Crippen LogP contribution in [0.3, 0.4) is 0 Å². The molecule has 26 heavy (non-hydrogen) atoms. The highest BCUT2D eigenvalue weighted by molar-refractivity contribution is 6.33. The van der Waals surface area contributed by atoms with E-state index in [-0.39, 0.29) is 12.5 Å². The van der Waals surface area contributed by atoms with Crippen molar-refractivity contribution >= 4 is 29.1 Å². The van der Waals surface area contributed by atoms with Crippen LogP contribution in [0.1, 0.15) is 16.2 Å². The Morgan fingerprint density at radius 2 is 1.88 bits per heavy atom. The fraction of sp³-hybridized carbons (Fsp3) is 0.105. The quantitative estimate of drug-likeness (QED) is 0.566. The van der Waals surface area contributed by atoms with Gasteiger partial charge in [0.2, 0.25) is 11.7 Å². The van der Waals surface area contributed by atoms with Gasteiger partial charge in [-0.3, -0.25) is 4.79 Å². The number of carbonyl (C=O) groups excluding carboxylic acids is 1. The number of halogens is 2. The molecule has 0 fully saturated rings. The molecule has 7 heteroatoms. The van der Waals surface area contributed by atoms with E-state index in [2.05, 4.69) is 16.7 Å². The maximum absolute atomic E-state index is 12.8. The summed E-state index contributed by atoms with van der Waals surface area (Å²) >= 11 is 12.0. The summed E-state index contributed by atoms with van der Waals surface area (Å²) in [5.74, 6) is 0.513. The van der Waals surface area contributed by atoms with Crippen molar-refractivity contribution in [1.82, 2.24) is 15.0 Å². The van der Waals surface area contributed by atoms with Crippen LogP contribution in [0.15, 0.2) is 65.7 Å². The number of nitrogens with zero attached hydrogens (tertiary/aromatic N) is 3. The summed E-state index contributed by atoms with van der Waals surface area (Å²) in [6.45, 7) is 4.17. The highest BCUT2D eigenvalue weighted by Crippen LogP contribution is 2.21. The van der Waals surface area contributed by atoms with Gasteiger partial charge in [0, 0.05) is 17.1 Å². The minimum Gasteiger partial charge on any atom is -0.337 e. The van der Waals surface area contributed by atoms with Crippen molar-refractivity contribution in [1.29, 1.82) is 0 Å². The number of rotatable bonds is 6. The average Bonchev–Trinajstić information content (AvgIpc) is 3.10. The number of hydrogen-bond acceptors (Lipinski definition) is 4. The SMILES string of the molecule is C=CCN(Cc1nc(-c2ccc(Cl)cc2)no1)C(=O)c1ccccc1Cl. The van der Waals surface area contributed by atoms with Crippen LogP contribution in [0.25, 0.3) is 11.4 Å². The van der Waals surface area contributed by atoms with Crippen molar-refractivity contribution in [3.05, 3.63) is 82.7 Å². The largest absolute Gasteiger partial charge is 0.337 e. The van der Waals surface area contributed by atoms with Crippen LogP contribution in [0, 0.1) is 0 Å². The Kier molecular flexibility index (Phi) is 5.71. The molecule has 0 aliphatic rings. The molecule has 0 saturated heterocycles. The zero-order chi connectivity index (χ0) is 18.5. The first kappa shape index (κ1) is 18.2. The third kappa shape index (κ3) is 4.12. The highest BCUT2D eigenvalue weighted by atomic mass is 35.5. The Morgan fingerprint density at radius 1 is 1.15 bits per heavy atom. The van der Waals surface area contributed by atoms with E-state index in [1.165, 1.54) is 4.90 Å². The predicted molar refractivity (Wildman–Crippen MR) is 101 cm³/mol. The molecule has 2 aromatic carbocycles. The maximum Gasteiger partial charge on any atom is 0.256 e. The molecular formula is C19H15Cl2N3O2. The molecule has 3 rings (SSSR count). The van der Waals surface area contributed by atoms with Crippen molar-refractivity contribution < 1.29 is 9.32 Å². The molecular weight excluding hydrogens is 373 g/mol. The van der Waals surface area contributed by atoms with E-state index in [1.54, 1.807) is 54.6 Å². The van der Waals surface area contributed by atoms with Gasteiger partial charge >= 0.3 is 0 Å². The molecule has 0 aliphatic heterocycles. The van der Waals surface area contributed by atoms with E-state index < -0.39 is 0 Å². The normalized spacial score (nSPS) is 10.5. The molecule has 0 atom stereocenters. The van der Waals surface area contributed by atoms with Crippen LogP contribution in [-0.2, 0) is 6.54 Å². The van der Waals surface area contributed by atoms with Crippen LogP contribution >= 0.6 is 23.2 Å². The summed E-state index contributed by atoms with van der Waals surface area (Å²) in [5, 5.41) is 4.97. The summed E-state index contributed by atoms with van der Waals surface area (Å²) in [4.78, 5) is 18.6. The van der Waals surface area contributed by atoms with Gasteiger partial charge in [-0.05, 0) is 36.4 Å². The van der Waals surface area contributed by atoms with Crippen LogP contribution in [-0.4, -0.2) is 27.5 Å². The van der Waals surface area contributed by atoms with Gasteiger partial charge in [-0.1, -0.05) is 46.6 Å². The number of aromatic nitrogens is 2. The van der Waals surface area contributed by atoms with Crippen LogP contribution < -0.4 is 0 Å². The summed E-state index contributed by atoms with van der Waals surface area (Å²) in [5.41, 5.74) is 1.19. The monoisotopic (exact) mass is 387 g/mol. The van der Waals surface area contributed by atoms with Crippen molar-refractivity contribution in [2.45, 2.75) is 6.54 Å². The van der Waals surface area contributed by atoms with Gasteiger partial charge in [0.25, 0.3) is 5.91 Å². The predicted octanol–water partition coefficient (Wildman–Crippen LogP) is 4.87. The van der Waals surface area contributed by atoms with Gasteiger partial charge in [-0.2, -0.15) is 4.98 Å². The minimum absolute atomic E-state index is 0.149. The van der Waals surface area contributed by atoms with Gasteiger partial charge < -0.3 is 9.42 Å². The number of benzene rings is 2. The lowest BCUT2D eigenvalue weighted by Crippen LogP contribution is -2.31. The second kappa shape index (κ2) is 8.17. The molecule has 0 bridgehead atoms. The van der Waals surface area contributed by atoms with Gasteiger partial charge in [0.15, 0.2) is 0 Å². The Hall–Kier alpha value is -2.63. The first-order valence-electron chi connectivity index (χ1n) is 7.81. The molecule has 0 unspecified atom stereocenters. The fourth-order valence-electron chi connectivity index (χ4n) is 2.38. The topological polar surface area (TPSA) is 59.2 Å². The lowest BCUT2D eigenvalue weighted by molar-refractivity contribution is 0.0745. The Bertz CT molecular complexity index is 923.